The molecule has 4 N–H and O–H groups in total. The van der Waals surface area contributed by atoms with E-state index >= 15 is 0 Å². The van der Waals surface area contributed by atoms with Crippen molar-refractivity contribution in [2.24, 2.45) is 52.8 Å². The lowest BCUT2D eigenvalue weighted by molar-refractivity contribution is -0.130. The number of hydrogen-bond acceptors (Lipinski definition) is 5. The maximum Gasteiger partial charge on any atom is 0.243 e. The van der Waals surface area contributed by atoms with Crippen molar-refractivity contribution in [3.05, 3.63) is 36.7 Å². The van der Waals surface area contributed by atoms with Crippen molar-refractivity contribution in [1.82, 2.24) is 21.3 Å². The molecular formula is C44H86N4O2S. The Morgan fingerprint density at radius 2 is 1.20 bits per heavy atom. The van der Waals surface area contributed by atoms with Gasteiger partial charge in [0.05, 0.1) is 0 Å². The summed E-state index contributed by atoms with van der Waals surface area (Å²) in [5.41, 5.74) is 3.34. The average molecular weight is 735 g/mol. The number of thioether (sulfide) groups is 1. The molecule has 0 aromatic heterocycles. The van der Waals surface area contributed by atoms with Crippen molar-refractivity contribution < 1.29 is 9.59 Å². The fourth-order valence-corrected chi connectivity index (χ4v) is 6.68. The van der Waals surface area contributed by atoms with Gasteiger partial charge in [-0.05, 0) is 110 Å². The number of hydrogen-bond donors (Lipinski definition) is 4. The molecule has 51 heavy (non-hydrogen) atoms. The van der Waals surface area contributed by atoms with E-state index in [-0.39, 0.29) is 17.2 Å². The quantitative estimate of drug-likeness (QED) is 0.0702. The molecule has 0 fully saturated rings. The van der Waals surface area contributed by atoms with E-state index in [0.29, 0.717) is 60.8 Å². The molecule has 6 nitrogen and oxygen atoms in total. The SMILES string of the molecule is C=C(CC(C)(C)C)N[C@@H](CC(C)C)C(=O)NC(CCSC)C(=O)NC[C@@H](CC(C)C)C(C)CC(C)C(=C)C.C=C(NCC(C)C)[C@@H](C)CC(C)C. The average Bonchev–Trinajstić information content (AvgIpc) is 2.97. The van der Waals surface area contributed by atoms with Gasteiger partial charge in [0, 0.05) is 24.5 Å². The molecule has 6 atom stereocenters. The summed E-state index contributed by atoms with van der Waals surface area (Å²) >= 11 is 1.69. The van der Waals surface area contributed by atoms with Gasteiger partial charge in [0.2, 0.25) is 11.8 Å². The van der Waals surface area contributed by atoms with Gasteiger partial charge < -0.3 is 21.3 Å². The predicted octanol–water partition coefficient (Wildman–Crippen LogP) is 10.6. The van der Waals surface area contributed by atoms with E-state index in [1.807, 2.05) is 6.26 Å². The minimum Gasteiger partial charge on any atom is -0.388 e. The second-order valence-corrected chi connectivity index (χ2v) is 19.4. The first kappa shape index (κ1) is 51.2. The Bertz CT molecular complexity index is 1010. The molecule has 2 amide bonds. The van der Waals surface area contributed by atoms with Crippen molar-refractivity contribution in [2.75, 3.05) is 25.1 Å². The van der Waals surface area contributed by atoms with E-state index < -0.39 is 12.1 Å². The third-order valence-corrected chi connectivity index (χ3v) is 9.87. The highest BCUT2D eigenvalue weighted by molar-refractivity contribution is 7.98. The number of nitrogens with one attached hydrogen (secondary N) is 4. The molecule has 300 valence electrons. The number of allylic oxidation sites excluding steroid dienone is 3. The summed E-state index contributed by atoms with van der Waals surface area (Å²) in [6.07, 6.45) is 7.45. The smallest absolute Gasteiger partial charge is 0.243 e. The highest BCUT2D eigenvalue weighted by Gasteiger charge is 2.28. The predicted molar refractivity (Wildman–Crippen MR) is 229 cm³/mol. The first-order valence-corrected chi connectivity index (χ1v) is 21.4. The van der Waals surface area contributed by atoms with Crippen LogP contribution >= 0.6 is 11.8 Å². The zero-order valence-electron chi connectivity index (χ0n) is 36.5. The molecule has 0 aliphatic heterocycles. The largest absolute Gasteiger partial charge is 0.388 e. The molecule has 0 bridgehead atoms. The number of carbonyl (C=O) groups is 2. The summed E-state index contributed by atoms with van der Waals surface area (Å²) in [6.45, 7) is 47.0. The number of carbonyl (C=O) groups excluding carboxylic acids is 2. The Labute approximate surface area is 322 Å². The highest BCUT2D eigenvalue weighted by atomic mass is 32.2. The summed E-state index contributed by atoms with van der Waals surface area (Å²) in [5.74, 6) is 4.84. The monoisotopic (exact) mass is 735 g/mol. The lowest BCUT2D eigenvalue weighted by Crippen LogP contribution is -2.53. The van der Waals surface area contributed by atoms with Crippen molar-refractivity contribution in [1.29, 1.82) is 0 Å². The van der Waals surface area contributed by atoms with Gasteiger partial charge in [0.15, 0.2) is 0 Å². The topological polar surface area (TPSA) is 82.3 Å². The molecule has 0 aliphatic rings. The van der Waals surface area contributed by atoms with Crippen molar-refractivity contribution >= 4 is 23.6 Å². The Hall–Kier alpha value is -1.89. The Kier molecular flexibility index (Phi) is 26.9. The molecule has 0 saturated carbocycles. The molecule has 0 saturated heterocycles. The van der Waals surface area contributed by atoms with Gasteiger partial charge in [-0.1, -0.05) is 122 Å². The van der Waals surface area contributed by atoms with E-state index in [2.05, 4.69) is 145 Å². The zero-order chi connectivity index (χ0) is 40.1. The standard InChI is InChI=1S/C32H61N3O2S.C12H25N/c1-21(2)16-27(25(8)18-24(7)23(5)6)20-33-30(36)28(14-15-38-13)35-31(37)29(17-22(3)4)34-26(9)19-32(10,11)12;1-9(2)7-11(5)12(6)13-8-10(3)4/h21-22,24-25,27-29,34H,5,9,14-20H2,1-4,6-8,10-13H3,(H,33,36)(H,35,37);9-11,13H,6-8H2,1-5H3/t24?,25?,27-,28?,29+;11-/m10/s1. The summed E-state index contributed by atoms with van der Waals surface area (Å²) in [4.78, 5) is 26.8. The van der Waals surface area contributed by atoms with Gasteiger partial charge in [0.1, 0.15) is 12.1 Å². The molecule has 3 unspecified atom stereocenters. The normalized spacial score (nSPS) is 15.3. The molecule has 0 aromatic carbocycles. The fraction of sp³-hybridized carbons (Fsp3) is 0.818. The lowest BCUT2D eigenvalue weighted by Gasteiger charge is -2.30. The molecule has 0 aliphatic carbocycles. The van der Waals surface area contributed by atoms with Crippen LogP contribution in [0.5, 0.6) is 0 Å². The van der Waals surface area contributed by atoms with Crippen LogP contribution in [0.4, 0.5) is 0 Å². The minimum atomic E-state index is -0.549. The Morgan fingerprint density at radius 1 is 0.647 bits per heavy atom. The first-order chi connectivity index (χ1) is 23.4. The number of rotatable bonds is 25. The third kappa shape index (κ3) is 27.4. The zero-order valence-corrected chi connectivity index (χ0v) is 37.3. The van der Waals surface area contributed by atoms with Gasteiger partial charge in [-0.15, -0.1) is 0 Å². The van der Waals surface area contributed by atoms with Crippen LogP contribution in [0.3, 0.4) is 0 Å². The molecule has 0 spiro atoms. The van der Waals surface area contributed by atoms with Gasteiger partial charge in [-0.25, -0.2) is 0 Å². The summed E-state index contributed by atoms with van der Waals surface area (Å²) in [6, 6.07) is -0.960. The molecule has 7 heteroatoms. The Balaban J connectivity index is 0. The van der Waals surface area contributed by atoms with Crippen LogP contribution in [-0.4, -0.2) is 49.0 Å². The van der Waals surface area contributed by atoms with Crippen LogP contribution in [0.1, 0.15) is 142 Å². The second-order valence-electron chi connectivity index (χ2n) is 18.4. The second kappa shape index (κ2) is 26.8. The van der Waals surface area contributed by atoms with Crippen LogP contribution in [0.25, 0.3) is 0 Å². The van der Waals surface area contributed by atoms with Gasteiger partial charge in [-0.3, -0.25) is 9.59 Å². The molecule has 0 heterocycles. The van der Waals surface area contributed by atoms with Crippen LogP contribution in [0.2, 0.25) is 0 Å². The maximum atomic E-state index is 13.4. The van der Waals surface area contributed by atoms with Gasteiger partial charge >= 0.3 is 0 Å². The van der Waals surface area contributed by atoms with E-state index in [4.69, 9.17) is 0 Å². The van der Waals surface area contributed by atoms with Crippen LogP contribution in [0, 0.1) is 52.8 Å². The van der Waals surface area contributed by atoms with Gasteiger partial charge in [-0.2, -0.15) is 11.8 Å². The van der Waals surface area contributed by atoms with E-state index in [0.717, 1.165) is 43.2 Å². The maximum absolute atomic E-state index is 13.4. The molecule has 0 aromatic rings. The van der Waals surface area contributed by atoms with E-state index in [1.165, 1.54) is 17.7 Å². The Morgan fingerprint density at radius 3 is 1.65 bits per heavy atom. The minimum absolute atomic E-state index is 0.0789. The van der Waals surface area contributed by atoms with E-state index in [1.54, 1.807) is 11.8 Å². The summed E-state index contributed by atoms with van der Waals surface area (Å²) in [5, 5.41) is 13.1. The highest BCUT2D eigenvalue weighted by Crippen LogP contribution is 2.28. The van der Waals surface area contributed by atoms with Crippen LogP contribution in [-0.2, 0) is 9.59 Å². The van der Waals surface area contributed by atoms with Crippen molar-refractivity contribution in [3.63, 3.8) is 0 Å². The van der Waals surface area contributed by atoms with Crippen LogP contribution in [0.15, 0.2) is 36.7 Å². The first-order valence-electron chi connectivity index (χ1n) is 20.0. The third-order valence-electron chi connectivity index (χ3n) is 9.23. The fourth-order valence-electron chi connectivity index (χ4n) is 6.20. The number of amides is 2. The van der Waals surface area contributed by atoms with E-state index in [9.17, 15) is 9.59 Å². The van der Waals surface area contributed by atoms with Crippen molar-refractivity contribution in [3.8, 4) is 0 Å². The summed E-state index contributed by atoms with van der Waals surface area (Å²) < 4.78 is 0. The summed E-state index contributed by atoms with van der Waals surface area (Å²) in [7, 11) is 0. The van der Waals surface area contributed by atoms with Crippen molar-refractivity contribution in [2.45, 2.75) is 154 Å². The molecular weight excluding hydrogens is 649 g/mol. The molecule has 0 rings (SSSR count). The molecule has 0 radical (unpaired) electrons. The van der Waals surface area contributed by atoms with Gasteiger partial charge in [0.25, 0.3) is 0 Å². The lowest BCUT2D eigenvalue weighted by atomic mass is 9.80. The van der Waals surface area contributed by atoms with Crippen LogP contribution < -0.4 is 21.3 Å².